The van der Waals surface area contributed by atoms with Crippen molar-refractivity contribution in [3.8, 4) is 0 Å². The van der Waals surface area contributed by atoms with Crippen molar-refractivity contribution in [2.45, 2.75) is 20.4 Å². The summed E-state index contributed by atoms with van der Waals surface area (Å²) >= 11 is 12.8. The molecule has 0 saturated carbocycles. The molecule has 0 spiro atoms. The van der Waals surface area contributed by atoms with Gasteiger partial charge < -0.3 is 12.4 Å². The molecule has 0 N–H and O–H groups in total. The first kappa shape index (κ1) is 18.9. The van der Waals surface area contributed by atoms with Gasteiger partial charge in [0.05, 0.1) is 5.39 Å². The highest BCUT2D eigenvalue weighted by Gasteiger charge is 2.18. The van der Waals surface area contributed by atoms with Crippen LogP contribution < -0.4 is 17.1 Å². The fraction of sp³-hybridized carbons (Fsp3) is 0.143. The summed E-state index contributed by atoms with van der Waals surface area (Å²) in [6, 6.07) is 18.5. The van der Waals surface area contributed by atoms with E-state index in [-0.39, 0.29) is 12.4 Å². The van der Waals surface area contributed by atoms with Crippen LogP contribution in [0.4, 0.5) is 0 Å². The van der Waals surface area contributed by atoms with E-state index in [2.05, 4.69) is 18.2 Å². The molecule has 1 heterocycles. The summed E-state index contributed by atoms with van der Waals surface area (Å²) in [6.07, 6.45) is 0. The third-order valence-electron chi connectivity index (χ3n) is 4.53. The maximum absolute atomic E-state index is 6.41. The average molecular weight is 404 g/mol. The Bertz CT molecular complexity index is 1110. The molecule has 4 aromatic rings. The predicted molar refractivity (Wildman–Crippen MR) is 104 cm³/mol. The number of benzene rings is 3. The van der Waals surface area contributed by atoms with Crippen LogP contribution in [0, 0.1) is 13.8 Å². The van der Waals surface area contributed by atoms with Crippen molar-refractivity contribution in [3.05, 3.63) is 81.3 Å². The predicted octanol–water partition coefficient (Wildman–Crippen LogP) is 2.65. The van der Waals surface area contributed by atoms with Crippen LogP contribution in [-0.4, -0.2) is 5.10 Å². The maximum Gasteiger partial charge on any atom is 0.240 e. The molecule has 5 heteroatoms. The minimum absolute atomic E-state index is 0. The van der Waals surface area contributed by atoms with Crippen LogP contribution in [0.5, 0.6) is 0 Å². The molecule has 0 aliphatic carbocycles. The van der Waals surface area contributed by atoms with E-state index >= 15 is 0 Å². The Morgan fingerprint density at radius 1 is 0.846 bits per heavy atom. The smallest absolute Gasteiger partial charge is 0.240 e. The van der Waals surface area contributed by atoms with E-state index in [1.54, 1.807) is 0 Å². The number of hydrogen-bond acceptors (Lipinski definition) is 1. The average Bonchev–Trinajstić information content (AvgIpc) is 2.59. The minimum atomic E-state index is 0. The number of nitrogens with zero attached hydrogens (tertiary/aromatic N) is 2. The molecule has 0 unspecified atom stereocenters. The highest BCUT2D eigenvalue weighted by Crippen LogP contribution is 2.30. The Morgan fingerprint density at radius 3 is 2.15 bits per heavy atom. The second-order valence-electron chi connectivity index (χ2n) is 6.38. The van der Waals surface area contributed by atoms with Crippen molar-refractivity contribution in [2.75, 3.05) is 0 Å². The van der Waals surface area contributed by atoms with Gasteiger partial charge in [0.1, 0.15) is 5.52 Å². The van der Waals surface area contributed by atoms with Gasteiger partial charge in [0.15, 0.2) is 6.54 Å². The molecule has 3 aromatic carbocycles. The molecular weight excluding hydrogens is 387 g/mol. The summed E-state index contributed by atoms with van der Waals surface area (Å²) in [6.45, 7) is 4.72. The molecule has 4 rings (SSSR count). The molecule has 0 radical (unpaired) electrons. The highest BCUT2D eigenvalue weighted by molar-refractivity contribution is 6.33. The lowest BCUT2D eigenvalue weighted by Crippen LogP contribution is -3.00. The number of aryl methyl sites for hydroxylation is 2. The van der Waals surface area contributed by atoms with Crippen LogP contribution in [0.1, 0.15) is 16.7 Å². The van der Waals surface area contributed by atoms with Gasteiger partial charge in [-0.05, 0) is 43.2 Å². The van der Waals surface area contributed by atoms with Crippen molar-refractivity contribution >= 4 is 45.0 Å². The van der Waals surface area contributed by atoms with Gasteiger partial charge >= 0.3 is 0 Å². The van der Waals surface area contributed by atoms with E-state index in [1.807, 2.05) is 54.9 Å². The van der Waals surface area contributed by atoms with Crippen molar-refractivity contribution < 1.29 is 17.1 Å². The van der Waals surface area contributed by atoms with Gasteiger partial charge in [0.2, 0.25) is 5.52 Å². The lowest BCUT2D eigenvalue weighted by Gasteiger charge is -2.08. The van der Waals surface area contributed by atoms with Crippen molar-refractivity contribution in [2.24, 2.45) is 0 Å². The minimum Gasteiger partial charge on any atom is -1.00 e. The quantitative estimate of drug-likeness (QED) is 0.371. The van der Waals surface area contributed by atoms with E-state index in [0.29, 0.717) is 6.54 Å². The zero-order valence-electron chi connectivity index (χ0n) is 14.4. The number of aromatic nitrogens is 2. The first-order valence-corrected chi connectivity index (χ1v) is 8.92. The van der Waals surface area contributed by atoms with Gasteiger partial charge in [0.25, 0.3) is 0 Å². The fourth-order valence-corrected chi connectivity index (χ4v) is 3.45. The third-order valence-corrected chi connectivity index (χ3v) is 5.34. The van der Waals surface area contributed by atoms with Crippen LogP contribution in [0.3, 0.4) is 0 Å². The second kappa shape index (κ2) is 7.40. The van der Waals surface area contributed by atoms with Crippen LogP contribution in [0.25, 0.3) is 21.8 Å². The molecule has 0 fully saturated rings. The second-order valence-corrected chi connectivity index (χ2v) is 7.19. The molecule has 1 aromatic heterocycles. The summed E-state index contributed by atoms with van der Waals surface area (Å²) in [5, 5.41) is 8.48. The molecule has 0 bridgehead atoms. The number of fused-ring (bicyclic) bond motifs is 3. The number of rotatable bonds is 2. The largest absolute Gasteiger partial charge is 1.00 e. The van der Waals surface area contributed by atoms with Gasteiger partial charge in [-0.2, -0.15) is 0 Å². The van der Waals surface area contributed by atoms with Gasteiger partial charge in [-0.15, -0.1) is 0 Å². The monoisotopic (exact) mass is 402 g/mol. The first-order chi connectivity index (χ1) is 12.0. The van der Waals surface area contributed by atoms with Crippen molar-refractivity contribution in [1.29, 1.82) is 0 Å². The van der Waals surface area contributed by atoms with E-state index in [4.69, 9.17) is 28.3 Å². The fourth-order valence-electron chi connectivity index (χ4n) is 3.12. The summed E-state index contributed by atoms with van der Waals surface area (Å²) < 4.78 is 2.05. The van der Waals surface area contributed by atoms with Gasteiger partial charge in [0, 0.05) is 32.2 Å². The zero-order valence-corrected chi connectivity index (χ0v) is 16.7. The summed E-state index contributed by atoms with van der Waals surface area (Å²) in [7, 11) is 0. The van der Waals surface area contributed by atoms with Gasteiger partial charge in [-0.25, -0.2) is 0 Å². The Labute approximate surface area is 168 Å². The Kier molecular flexibility index (Phi) is 5.38. The maximum atomic E-state index is 6.41. The zero-order chi connectivity index (χ0) is 17.6. The van der Waals surface area contributed by atoms with Gasteiger partial charge in [-0.1, -0.05) is 58.2 Å². The van der Waals surface area contributed by atoms with Crippen LogP contribution >= 0.6 is 23.2 Å². The lowest BCUT2D eigenvalue weighted by molar-refractivity contribution is -0.719. The van der Waals surface area contributed by atoms with E-state index in [0.717, 1.165) is 43.0 Å². The summed E-state index contributed by atoms with van der Waals surface area (Å²) in [5.41, 5.74) is 5.24. The normalized spacial score (nSPS) is 10.9. The molecular formula is C21H17Cl3N2. The van der Waals surface area contributed by atoms with E-state index in [9.17, 15) is 0 Å². The lowest BCUT2D eigenvalue weighted by atomic mass is 10.1. The topological polar surface area (TPSA) is 16.8 Å². The molecule has 0 aliphatic rings. The molecule has 0 atom stereocenters. The summed E-state index contributed by atoms with van der Waals surface area (Å²) in [5.74, 6) is 0. The van der Waals surface area contributed by atoms with Crippen molar-refractivity contribution in [1.82, 2.24) is 5.10 Å². The molecule has 0 saturated heterocycles. The standard InChI is InChI=1S/C21H17Cl2N2.ClH/c1-13-8-20-16(10-18(13)22)17-11-19(23)14(2)9-21(17)25(24-20)12-15-6-4-3-5-7-15;/h3-11H,12H2,1-2H3;1H/q+1;/p-1. The van der Waals surface area contributed by atoms with Crippen LogP contribution in [0.15, 0.2) is 54.6 Å². The highest BCUT2D eigenvalue weighted by atomic mass is 35.5. The number of hydrogen-bond donors (Lipinski definition) is 0. The molecule has 0 amide bonds. The van der Waals surface area contributed by atoms with Crippen LogP contribution in [-0.2, 0) is 6.54 Å². The summed E-state index contributed by atoms with van der Waals surface area (Å²) in [4.78, 5) is 0. The molecule has 0 aliphatic heterocycles. The molecule has 132 valence electrons. The van der Waals surface area contributed by atoms with Crippen molar-refractivity contribution in [3.63, 3.8) is 0 Å². The third kappa shape index (κ3) is 3.37. The molecule has 26 heavy (non-hydrogen) atoms. The van der Waals surface area contributed by atoms with Crippen LogP contribution in [0.2, 0.25) is 10.0 Å². The van der Waals surface area contributed by atoms with E-state index in [1.165, 1.54) is 5.56 Å². The number of halogens is 3. The van der Waals surface area contributed by atoms with Gasteiger partial charge in [-0.3, -0.25) is 0 Å². The Morgan fingerprint density at radius 2 is 1.46 bits per heavy atom. The Balaban J connectivity index is 0.00000196. The van der Waals surface area contributed by atoms with E-state index < -0.39 is 0 Å². The molecule has 2 nitrogen and oxygen atoms in total. The first-order valence-electron chi connectivity index (χ1n) is 8.17. The SMILES string of the molecule is Cc1cc2n[n+](Cc3ccccc3)c3cc(C)c(Cl)cc3c2cc1Cl.[Cl-]. The Hall–Kier alpha value is -1.87.